The van der Waals surface area contributed by atoms with Crippen LogP contribution in [0.1, 0.15) is 17.0 Å². The van der Waals surface area contributed by atoms with Gasteiger partial charge in [-0.15, -0.1) is 0 Å². The molecular weight excluding hydrogens is 418 g/mol. The van der Waals surface area contributed by atoms with Crippen molar-refractivity contribution in [3.8, 4) is 11.4 Å². The minimum absolute atomic E-state index is 0.187. The van der Waals surface area contributed by atoms with Crippen LogP contribution in [0, 0.1) is 13.8 Å². The molecule has 9 heteroatoms. The molecule has 0 saturated carbocycles. The Labute approximate surface area is 184 Å². The summed E-state index contributed by atoms with van der Waals surface area (Å²) in [5, 5.41) is 9.09. The van der Waals surface area contributed by atoms with Crippen LogP contribution in [0.15, 0.2) is 35.2 Å². The van der Waals surface area contributed by atoms with Crippen LogP contribution < -0.4 is 0 Å². The predicted octanol–water partition coefficient (Wildman–Crippen LogP) is 2.69. The number of amides is 3. The monoisotopic (exact) mass is 441 g/mol. The summed E-state index contributed by atoms with van der Waals surface area (Å²) in [6.07, 6.45) is 1.70. The molecule has 2 aliphatic rings. The molecule has 8 nitrogen and oxygen atoms in total. The van der Waals surface area contributed by atoms with Crippen molar-refractivity contribution in [1.29, 1.82) is 0 Å². The average molecular weight is 442 g/mol. The van der Waals surface area contributed by atoms with Gasteiger partial charge in [-0.05, 0) is 67.6 Å². The van der Waals surface area contributed by atoms with Gasteiger partial charge in [-0.1, -0.05) is 0 Å². The van der Waals surface area contributed by atoms with Gasteiger partial charge in [-0.25, -0.2) is 0 Å². The number of ether oxygens (including phenoxy) is 1. The molecule has 4 rings (SSSR count). The van der Waals surface area contributed by atoms with Crippen LogP contribution in [0.4, 0.5) is 4.79 Å². The Morgan fingerprint density at radius 3 is 2.52 bits per heavy atom. The van der Waals surface area contributed by atoms with Gasteiger partial charge in [0.05, 0.1) is 18.1 Å². The van der Waals surface area contributed by atoms with E-state index in [0.717, 1.165) is 39.3 Å². The molecule has 2 fully saturated rings. The van der Waals surface area contributed by atoms with Gasteiger partial charge in [0.25, 0.3) is 11.1 Å². The van der Waals surface area contributed by atoms with Crippen molar-refractivity contribution in [3.05, 3.63) is 52.2 Å². The number of carbonyl (C=O) groups is 3. The van der Waals surface area contributed by atoms with Gasteiger partial charge in [0.15, 0.2) is 0 Å². The van der Waals surface area contributed by atoms with E-state index in [9.17, 15) is 19.5 Å². The number of carbonyl (C=O) groups excluding carboxylic acids is 3. The van der Waals surface area contributed by atoms with Crippen molar-refractivity contribution >= 4 is 34.9 Å². The van der Waals surface area contributed by atoms with E-state index in [4.69, 9.17) is 4.74 Å². The van der Waals surface area contributed by atoms with Crippen LogP contribution in [0.3, 0.4) is 0 Å². The van der Waals surface area contributed by atoms with E-state index in [1.807, 2.05) is 36.6 Å². The summed E-state index contributed by atoms with van der Waals surface area (Å²) in [5.41, 5.74) is 3.56. The molecule has 0 atom stereocenters. The number of nitrogens with zero attached hydrogens (tertiary/aromatic N) is 3. The molecule has 0 unspecified atom stereocenters. The SMILES string of the molecule is Cc1cc(/C=C2/SC(=O)N(CC(=O)N3CCOCC3)C2=O)c(C)n1-c1ccc(O)cc1. The molecule has 0 radical (unpaired) electrons. The quantitative estimate of drug-likeness (QED) is 0.734. The highest BCUT2D eigenvalue weighted by Crippen LogP contribution is 2.34. The Hall–Kier alpha value is -3.04. The fraction of sp³-hybridized carbons (Fsp3) is 0.318. The number of phenolic OH excluding ortho intramolecular Hbond substituents is 1. The van der Waals surface area contributed by atoms with E-state index in [1.165, 1.54) is 0 Å². The molecule has 2 aliphatic heterocycles. The minimum atomic E-state index is -0.453. The third-order valence-electron chi connectivity index (χ3n) is 5.40. The van der Waals surface area contributed by atoms with E-state index >= 15 is 0 Å². The first-order valence-corrected chi connectivity index (χ1v) is 10.8. The maximum absolute atomic E-state index is 12.8. The van der Waals surface area contributed by atoms with Crippen LogP contribution in [0.5, 0.6) is 5.75 Å². The number of thioether (sulfide) groups is 1. The molecule has 3 amide bonds. The minimum Gasteiger partial charge on any atom is -0.508 e. The number of benzene rings is 1. The zero-order chi connectivity index (χ0) is 22.1. The van der Waals surface area contributed by atoms with Crippen LogP contribution in [-0.2, 0) is 14.3 Å². The Morgan fingerprint density at radius 2 is 1.84 bits per heavy atom. The van der Waals surface area contributed by atoms with E-state index in [2.05, 4.69) is 0 Å². The van der Waals surface area contributed by atoms with E-state index < -0.39 is 11.1 Å². The molecule has 1 aromatic heterocycles. The largest absolute Gasteiger partial charge is 0.508 e. The molecule has 1 N–H and O–H groups in total. The second-order valence-corrected chi connectivity index (χ2v) is 8.43. The van der Waals surface area contributed by atoms with Crippen molar-refractivity contribution < 1.29 is 24.2 Å². The third kappa shape index (κ3) is 4.24. The lowest BCUT2D eigenvalue weighted by atomic mass is 10.2. The first-order chi connectivity index (χ1) is 14.8. The summed E-state index contributed by atoms with van der Waals surface area (Å²) in [7, 11) is 0. The van der Waals surface area contributed by atoms with Crippen LogP contribution in [-0.4, -0.2) is 69.4 Å². The highest BCUT2D eigenvalue weighted by atomic mass is 32.2. The van der Waals surface area contributed by atoms with Crippen LogP contribution >= 0.6 is 11.8 Å². The molecule has 162 valence electrons. The third-order valence-corrected chi connectivity index (χ3v) is 6.30. The summed E-state index contributed by atoms with van der Waals surface area (Å²) in [5.74, 6) is -0.518. The summed E-state index contributed by atoms with van der Waals surface area (Å²) < 4.78 is 7.25. The van der Waals surface area contributed by atoms with Crippen molar-refractivity contribution in [2.24, 2.45) is 0 Å². The second-order valence-electron chi connectivity index (χ2n) is 7.44. The summed E-state index contributed by atoms with van der Waals surface area (Å²) >= 11 is 0.848. The maximum Gasteiger partial charge on any atom is 0.294 e. The Bertz CT molecular complexity index is 1070. The fourth-order valence-corrected chi connectivity index (χ4v) is 4.59. The van der Waals surface area contributed by atoms with Gasteiger partial charge in [0.1, 0.15) is 12.3 Å². The molecule has 1 aromatic carbocycles. The number of aromatic nitrogens is 1. The lowest BCUT2D eigenvalue weighted by molar-refractivity contribution is -0.139. The Kier molecular flexibility index (Phi) is 5.88. The number of imide groups is 1. The van der Waals surface area contributed by atoms with E-state index in [0.29, 0.717) is 31.2 Å². The molecule has 0 bridgehead atoms. The van der Waals surface area contributed by atoms with Crippen molar-refractivity contribution in [3.63, 3.8) is 0 Å². The average Bonchev–Trinajstić information content (AvgIpc) is 3.19. The molecule has 2 aromatic rings. The zero-order valence-electron chi connectivity index (χ0n) is 17.3. The van der Waals surface area contributed by atoms with Gasteiger partial charge in [0.2, 0.25) is 5.91 Å². The van der Waals surface area contributed by atoms with Crippen LogP contribution in [0.2, 0.25) is 0 Å². The number of hydrogen-bond donors (Lipinski definition) is 1. The summed E-state index contributed by atoms with van der Waals surface area (Å²) in [6, 6.07) is 8.79. The smallest absolute Gasteiger partial charge is 0.294 e. The lowest BCUT2D eigenvalue weighted by Crippen LogP contribution is -2.46. The van der Waals surface area contributed by atoms with Gasteiger partial charge in [-0.3, -0.25) is 19.3 Å². The van der Waals surface area contributed by atoms with Gasteiger partial charge in [0, 0.05) is 30.2 Å². The number of phenols is 1. The zero-order valence-corrected chi connectivity index (χ0v) is 18.1. The van der Waals surface area contributed by atoms with Crippen molar-refractivity contribution in [2.75, 3.05) is 32.8 Å². The molecule has 3 heterocycles. The number of rotatable bonds is 4. The highest BCUT2D eigenvalue weighted by molar-refractivity contribution is 8.18. The molecule has 31 heavy (non-hydrogen) atoms. The van der Waals surface area contributed by atoms with Gasteiger partial charge >= 0.3 is 0 Å². The molecule has 2 saturated heterocycles. The number of morpholine rings is 1. The summed E-state index contributed by atoms with van der Waals surface area (Å²) in [4.78, 5) is 40.6. The van der Waals surface area contributed by atoms with Gasteiger partial charge < -0.3 is 19.3 Å². The number of hydrogen-bond acceptors (Lipinski definition) is 6. The molecule has 0 spiro atoms. The Balaban J connectivity index is 1.55. The standard InChI is InChI=1S/C22H23N3O5S/c1-14-11-16(15(2)25(14)17-3-5-18(26)6-4-17)12-19-21(28)24(22(29)31-19)13-20(27)23-7-9-30-10-8-23/h3-6,11-12,26H,7-10,13H2,1-2H3/b19-12+. The molecule has 0 aliphatic carbocycles. The first-order valence-electron chi connectivity index (χ1n) is 9.94. The molecular formula is C22H23N3O5S. The first kappa shape index (κ1) is 21.2. The van der Waals surface area contributed by atoms with Gasteiger partial charge in [-0.2, -0.15) is 0 Å². The fourth-order valence-electron chi connectivity index (χ4n) is 3.76. The number of aromatic hydroxyl groups is 1. The highest BCUT2D eigenvalue weighted by Gasteiger charge is 2.37. The number of aryl methyl sites for hydroxylation is 1. The van der Waals surface area contributed by atoms with Crippen molar-refractivity contribution in [2.45, 2.75) is 13.8 Å². The lowest BCUT2D eigenvalue weighted by Gasteiger charge is -2.28. The summed E-state index contributed by atoms with van der Waals surface area (Å²) in [6.45, 7) is 5.48. The van der Waals surface area contributed by atoms with Crippen molar-refractivity contribution in [1.82, 2.24) is 14.4 Å². The van der Waals surface area contributed by atoms with E-state index in [-0.39, 0.29) is 18.2 Å². The second kappa shape index (κ2) is 8.60. The normalized spacial score (nSPS) is 18.3. The predicted molar refractivity (Wildman–Crippen MR) is 117 cm³/mol. The Morgan fingerprint density at radius 1 is 1.16 bits per heavy atom. The topological polar surface area (TPSA) is 92.1 Å². The van der Waals surface area contributed by atoms with E-state index in [1.54, 1.807) is 23.1 Å². The van der Waals surface area contributed by atoms with Crippen LogP contribution in [0.25, 0.3) is 11.8 Å². The maximum atomic E-state index is 12.8.